The molecule has 0 aliphatic carbocycles. The molecule has 15 heavy (non-hydrogen) atoms. The first-order valence-corrected chi connectivity index (χ1v) is 6.83. The van der Waals surface area contributed by atoms with Gasteiger partial charge in [0.25, 0.3) is 0 Å². The maximum Gasteiger partial charge on any atom is -0.00489 e. The Morgan fingerprint density at radius 2 is 1.13 bits per heavy atom. The maximum atomic E-state index is 3.51. The molecule has 0 rings (SSSR count). The molecule has 0 aromatic rings. The zero-order valence-electron chi connectivity index (χ0n) is 10.8. The Balaban J connectivity index is 2.81. The summed E-state index contributed by atoms with van der Waals surface area (Å²) in [4.78, 5) is 0. The molecule has 0 spiro atoms. The first-order chi connectivity index (χ1) is 7.41. The average Bonchev–Trinajstić information content (AvgIpc) is 2.26. The number of hydrogen-bond acceptors (Lipinski definition) is 2. The second-order valence-electron chi connectivity index (χ2n) is 4.22. The molecule has 0 fully saturated rings. The lowest BCUT2D eigenvalue weighted by molar-refractivity contribution is 0.556. The molecule has 0 aliphatic heterocycles. The minimum absolute atomic E-state index is 1.11. The van der Waals surface area contributed by atoms with Gasteiger partial charge in [0, 0.05) is 0 Å². The van der Waals surface area contributed by atoms with Crippen molar-refractivity contribution in [1.29, 1.82) is 0 Å². The number of unbranched alkanes of at least 4 members (excludes halogenated alkanes) is 5. The predicted octanol–water partition coefficient (Wildman–Crippen LogP) is 2.94. The fourth-order valence-corrected chi connectivity index (χ4v) is 1.66. The lowest BCUT2D eigenvalue weighted by Crippen LogP contribution is -2.17. The fourth-order valence-electron chi connectivity index (χ4n) is 1.66. The monoisotopic (exact) mass is 214 g/mol. The molecule has 0 heterocycles. The summed E-state index contributed by atoms with van der Waals surface area (Å²) < 4.78 is 0. The van der Waals surface area contributed by atoms with E-state index in [2.05, 4.69) is 24.5 Å². The van der Waals surface area contributed by atoms with Crippen LogP contribution >= 0.6 is 0 Å². The van der Waals surface area contributed by atoms with Gasteiger partial charge in [-0.15, -0.1) is 0 Å². The van der Waals surface area contributed by atoms with Crippen LogP contribution in [0.3, 0.4) is 0 Å². The second kappa shape index (κ2) is 13.9. The quantitative estimate of drug-likeness (QED) is 0.488. The zero-order chi connectivity index (χ0) is 11.2. The molecular formula is C13H30N2. The molecule has 2 nitrogen and oxygen atoms in total. The van der Waals surface area contributed by atoms with E-state index in [-0.39, 0.29) is 0 Å². The van der Waals surface area contributed by atoms with E-state index >= 15 is 0 Å². The fraction of sp³-hybridized carbons (Fsp3) is 1.00. The summed E-state index contributed by atoms with van der Waals surface area (Å²) >= 11 is 0. The van der Waals surface area contributed by atoms with Gasteiger partial charge in [0.05, 0.1) is 0 Å². The minimum Gasteiger partial charge on any atom is -0.317 e. The van der Waals surface area contributed by atoms with Gasteiger partial charge in [-0.25, -0.2) is 0 Å². The third kappa shape index (κ3) is 13.9. The van der Waals surface area contributed by atoms with Crippen LogP contribution in [-0.2, 0) is 0 Å². The summed E-state index contributed by atoms with van der Waals surface area (Å²) in [5.41, 5.74) is 0. The Bertz CT molecular complexity index is 92.7. The number of hydrogen-bond donors (Lipinski definition) is 2. The van der Waals surface area contributed by atoms with Gasteiger partial charge in [0.1, 0.15) is 0 Å². The van der Waals surface area contributed by atoms with Crippen molar-refractivity contribution in [2.24, 2.45) is 0 Å². The molecule has 0 saturated carbocycles. The van der Waals surface area contributed by atoms with Crippen LogP contribution in [0.4, 0.5) is 0 Å². The van der Waals surface area contributed by atoms with Crippen molar-refractivity contribution in [3.8, 4) is 0 Å². The molecule has 0 aromatic heterocycles. The summed E-state index contributed by atoms with van der Waals surface area (Å²) in [7, 11) is 0. The lowest BCUT2D eigenvalue weighted by atomic mass is 10.2. The normalized spacial score (nSPS) is 10.8. The van der Waals surface area contributed by atoms with Crippen molar-refractivity contribution in [1.82, 2.24) is 10.6 Å². The first-order valence-electron chi connectivity index (χ1n) is 6.83. The third-order valence-electron chi connectivity index (χ3n) is 2.66. The van der Waals surface area contributed by atoms with Crippen molar-refractivity contribution >= 4 is 0 Å². The Kier molecular flexibility index (Phi) is 13.8. The van der Waals surface area contributed by atoms with Crippen LogP contribution < -0.4 is 10.6 Å². The van der Waals surface area contributed by atoms with Crippen molar-refractivity contribution in [3.63, 3.8) is 0 Å². The van der Waals surface area contributed by atoms with Gasteiger partial charge in [-0.2, -0.15) is 0 Å². The molecule has 0 radical (unpaired) electrons. The molecule has 0 bridgehead atoms. The zero-order valence-corrected chi connectivity index (χ0v) is 10.8. The van der Waals surface area contributed by atoms with E-state index < -0.39 is 0 Å². The summed E-state index contributed by atoms with van der Waals surface area (Å²) in [5.74, 6) is 0. The first kappa shape index (κ1) is 14.9. The standard InChI is InChI=1S/C13H30N2/c1-3-5-6-8-12-15-13-10-7-9-11-14-4-2/h14-15H,3-13H2,1-2H3. The summed E-state index contributed by atoms with van der Waals surface area (Å²) in [6.45, 7) is 9.14. The predicted molar refractivity (Wildman–Crippen MR) is 69.4 cm³/mol. The molecule has 0 unspecified atom stereocenters. The van der Waals surface area contributed by atoms with E-state index in [1.807, 2.05) is 0 Å². The maximum absolute atomic E-state index is 3.51. The van der Waals surface area contributed by atoms with Gasteiger partial charge in [0.15, 0.2) is 0 Å². The van der Waals surface area contributed by atoms with Crippen LogP contribution in [0.15, 0.2) is 0 Å². The van der Waals surface area contributed by atoms with Crippen LogP contribution in [0.1, 0.15) is 58.8 Å². The van der Waals surface area contributed by atoms with Gasteiger partial charge in [-0.1, -0.05) is 39.5 Å². The van der Waals surface area contributed by atoms with E-state index in [4.69, 9.17) is 0 Å². The lowest BCUT2D eigenvalue weighted by Gasteiger charge is -2.04. The van der Waals surface area contributed by atoms with Crippen LogP contribution in [0, 0.1) is 0 Å². The van der Waals surface area contributed by atoms with E-state index in [9.17, 15) is 0 Å². The van der Waals surface area contributed by atoms with Crippen molar-refractivity contribution in [3.05, 3.63) is 0 Å². The largest absolute Gasteiger partial charge is 0.317 e. The van der Waals surface area contributed by atoms with Crippen LogP contribution in [0.25, 0.3) is 0 Å². The van der Waals surface area contributed by atoms with Crippen molar-refractivity contribution in [2.45, 2.75) is 58.8 Å². The van der Waals surface area contributed by atoms with Crippen LogP contribution in [0.5, 0.6) is 0 Å². The highest BCUT2D eigenvalue weighted by Gasteiger charge is 1.90. The highest BCUT2D eigenvalue weighted by molar-refractivity contribution is 4.51. The second-order valence-corrected chi connectivity index (χ2v) is 4.22. The average molecular weight is 214 g/mol. The Hall–Kier alpha value is -0.0800. The van der Waals surface area contributed by atoms with Gasteiger partial charge in [-0.3, -0.25) is 0 Å². The van der Waals surface area contributed by atoms with E-state index in [1.54, 1.807) is 0 Å². The number of rotatable bonds is 12. The van der Waals surface area contributed by atoms with Crippen LogP contribution in [-0.4, -0.2) is 26.2 Å². The smallest absolute Gasteiger partial charge is 0.00489 e. The Labute approximate surface area is 96.2 Å². The molecule has 2 N–H and O–H groups in total. The molecule has 0 saturated heterocycles. The summed E-state index contributed by atoms with van der Waals surface area (Å²) in [6.07, 6.45) is 9.49. The highest BCUT2D eigenvalue weighted by Crippen LogP contribution is 1.97. The summed E-state index contributed by atoms with van der Waals surface area (Å²) in [6, 6.07) is 0. The van der Waals surface area contributed by atoms with Crippen molar-refractivity contribution in [2.75, 3.05) is 26.2 Å². The molecule has 0 aliphatic rings. The van der Waals surface area contributed by atoms with Crippen LogP contribution in [0.2, 0.25) is 0 Å². The minimum atomic E-state index is 1.11. The van der Waals surface area contributed by atoms with Gasteiger partial charge < -0.3 is 10.6 Å². The van der Waals surface area contributed by atoms with Crippen molar-refractivity contribution < 1.29 is 0 Å². The highest BCUT2D eigenvalue weighted by atomic mass is 14.8. The SMILES string of the molecule is CCCCCCNCCCCCNCC. The molecule has 0 atom stereocenters. The molecule has 0 aromatic carbocycles. The van der Waals surface area contributed by atoms with Gasteiger partial charge in [0.2, 0.25) is 0 Å². The number of nitrogens with one attached hydrogen (secondary N) is 2. The van der Waals surface area contributed by atoms with E-state index in [1.165, 1.54) is 64.6 Å². The molecule has 92 valence electrons. The Morgan fingerprint density at radius 1 is 0.600 bits per heavy atom. The van der Waals surface area contributed by atoms with E-state index in [0.717, 1.165) is 6.54 Å². The third-order valence-corrected chi connectivity index (χ3v) is 2.66. The van der Waals surface area contributed by atoms with Gasteiger partial charge >= 0.3 is 0 Å². The molecule has 2 heteroatoms. The topological polar surface area (TPSA) is 24.1 Å². The molecule has 0 amide bonds. The molecular weight excluding hydrogens is 184 g/mol. The Morgan fingerprint density at radius 3 is 1.67 bits per heavy atom. The summed E-state index contributed by atoms with van der Waals surface area (Å²) in [5, 5.41) is 6.87. The van der Waals surface area contributed by atoms with E-state index in [0.29, 0.717) is 0 Å². The van der Waals surface area contributed by atoms with Gasteiger partial charge in [-0.05, 0) is 45.4 Å².